The molecule has 4 heteroatoms. The monoisotopic (exact) mass is 217 g/mol. The van der Waals surface area contributed by atoms with E-state index in [9.17, 15) is 5.11 Å². The Morgan fingerprint density at radius 2 is 2.31 bits per heavy atom. The Morgan fingerprint density at radius 1 is 1.62 bits per heavy atom. The number of pyridine rings is 1. The molecule has 0 bridgehead atoms. The summed E-state index contributed by atoms with van der Waals surface area (Å²) in [7, 11) is 0. The molecule has 0 atom stereocenters. The van der Waals surface area contributed by atoms with E-state index in [0.29, 0.717) is 10.8 Å². The Kier molecular flexibility index (Phi) is 3.59. The molecule has 72 valence electrons. The highest BCUT2D eigenvalue weighted by molar-refractivity contribution is 7.99. The van der Waals surface area contributed by atoms with Crippen LogP contribution < -0.4 is 0 Å². The van der Waals surface area contributed by atoms with Gasteiger partial charge in [0.1, 0.15) is 5.03 Å². The summed E-state index contributed by atoms with van der Waals surface area (Å²) in [6, 6.07) is 3.58. The first-order chi connectivity index (χ1) is 5.99. The summed E-state index contributed by atoms with van der Waals surface area (Å²) >= 11 is 7.35. The quantitative estimate of drug-likeness (QED) is 0.791. The predicted octanol–water partition coefficient (Wildman–Crippen LogP) is 2.60. The number of halogens is 1. The van der Waals surface area contributed by atoms with Crippen molar-refractivity contribution in [1.82, 2.24) is 4.98 Å². The van der Waals surface area contributed by atoms with Gasteiger partial charge in [0, 0.05) is 11.9 Å². The van der Waals surface area contributed by atoms with Crippen LogP contribution in [0, 0.1) is 0 Å². The third-order valence-corrected chi connectivity index (χ3v) is 3.15. The fraction of sp³-hybridized carbons (Fsp3) is 0.444. The first-order valence-corrected chi connectivity index (χ1v) is 5.31. The van der Waals surface area contributed by atoms with Crippen molar-refractivity contribution in [2.45, 2.75) is 24.5 Å². The molecule has 1 aromatic rings. The molecule has 0 aliphatic heterocycles. The molecular formula is C9H12ClNOS. The predicted molar refractivity (Wildman–Crippen MR) is 56.3 cm³/mol. The molecule has 0 amide bonds. The second-order valence-electron chi connectivity index (χ2n) is 3.39. The standard InChI is InChI=1S/C9H12ClNOS/c1-9(2,12)6-13-8-7(10)4-3-5-11-8/h3-5,12H,6H2,1-2H3. The van der Waals surface area contributed by atoms with Crippen molar-refractivity contribution in [1.29, 1.82) is 0 Å². The maximum Gasteiger partial charge on any atom is 0.115 e. The first-order valence-electron chi connectivity index (χ1n) is 3.95. The lowest BCUT2D eigenvalue weighted by atomic mass is 10.2. The van der Waals surface area contributed by atoms with Crippen LogP contribution in [-0.4, -0.2) is 21.4 Å². The number of rotatable bonds is 3. The number of hydrogen-bond donors (Lipinski definition) is 1. The molecule has 0 unspecified atom stereocenters. The molecule has 1 rings (SSSR count). The van der Waals surface area contributed by atoms with E-state index in [2.05, 4.69) is 4.98 Å². The van der Waals surface area contributed by atoms with Crippen LogP contribution in [0.2, 0.25) is 5.02 Å². The van der Waals surface area contributed by atoms with Crippen LogP contribution in [-0.2, 0) is 0 Å². The summed E-state index contributed by atoms with van der Waals surface area (Å²) in [4.78, 5) is 4.10. The van der Waals surface area contributed by atoms with E-state index in [1.54, 1.807) is 32.2 Å². The van der Waals surface area contributed by atoms with Crippen LogP contribution in [0.25, 0.3) is 0 Å². The minimum absolute atomic E-state index is 0.587. The molecule has 1 heterocycles. The van der Waals surface area contributed by atoms with Gasteiger partial charge >= 0.3 is 0 Å². The van der Waals surface area contributed by atoms with Gasteiger partial charge in [0.25, 0.3) is 0 Å². The van der Waals surface area contributed by atoms with Crippen LogP contribution in [0.1, 0.15) is 13.8 Å². The number of thioether (sulfide) groups is 1. The van der Waals surface area contributed by atoms with Crippen LogP contribution in [0.5, 0.6) is 0 Å². The lowest BCUT2D eigenvalue weighted by Crippen LogP contribution is -2.21. The summed E-state index contributed by atoms with van der Waals surface area (Å²) in [5, 5.41) is 10.9. The zero-order valence-electron chi connectivity index (χ0n) is 7.62. The number of aromatic nitrogens is 1. The largest absolute Gasteiger partial charge is 0.390 e. The molecule has 2 nitrogen and oxygen atoms in total. The molecule has 0 fully saturated rings. The molecule has 0 saturated carbocycles. The van der Waals surface area contributed by atoms with Gasteiger partial charge in [0.15, 0.2) is 0 Å². The minimum atomic E-state index is -0.689. The normalized spacial score (nSPS) is 11.7. The third-order valence-electron chi connectivity index (χ3n) is 1.29. The Balaban J connectivity index is 2.60. The summed E-state index contributed by atoms with van der Waals surface area (Å²) in [6.07, 6.45) is 1.69. The fourth-order valence-corrected chi connectivity index (χ4v) is 1.84. The van der Waals surface area contributed by atoms with Crippen molar-refractivity contribution in [2.24, 2.45) is 0 Å². The fourth-order valence-electron chi connectivity index (χ4n) is 0.722. The second-order valence-corrected chi connectivity index (χ2v) is 4.76. The molecule has 1 N–H and O–H groups in total. The average Bonchev–Trinajstić information content (AvgIpc) is 2.01. The van der Waals surface area contributed by atoms with Crippen LogP contribution in [0.4, 0.5) is 0 Å². The SMILES string of the molecule is CC(C)(O)CSc1ncccc1Cl. The smallest absolute Gasteiger partial charge is 0.115 e. The van der Waals surface area contributed by atoms with Crippen molar-refractivity contribution in [3.8, 4) is 0 Å². The number of hydrogen-bond acceptors (Lipinski definition) is 3. The Bertz CT molecular complexity index is 285. The third kappa shape index (κ3) is 3.98. The maximum atomic E-state index is 9.48. The highest BCUT2D eigenvalue weighted by Gasteiger charge is 2.14. The highest BCUT2D eigenvalue weighted by atomic mass is 35.5. The van der Waals surface area contributed by atoms with Gasteiger partial charge in [-0.05, 0) is 26.0 Å². The van der Waals surface area contributed by atoms with E-state index in [0.717, 1.165) is 5.03 Å². The van der Waals surface area contributed by atoms with Gasteiger partial charge in [-0.25, -0.2) is 4.98 Å². The van der Waals surface area contributed by atoms with E-state index in [1.807, 2.05) is 0 Å². The average molecular weight is 218 g/mol. The van der Waals surface area contributed by atoms with E-state index >= 15 is 0 Å². The number of nitrogens with zero attached hydrogens (tertiary/aromatic N) is 1. The van der Waals surface area contributed by atoms with Crippen molar-refractivity contribution < 1.29 is 5.11 Å². The van der Waals surface area contributed by atoms with Gasteiger partial charge in [0.2, 0.25) is 0 Å². The van der Waals surface area contributed by atoms with Crippen LogP contribution in [0.15, 0.2) is 23.4 Å². The van der Waals surface area contributed by atoms with E-state index in [-0.39, 0.29) is 0 Å². The molecule has 0 spiro atoms. The summed E-state index contributed by atoms with van der Waals surface area (Å²) in [6.45, 7) is 3.52. The molecule has 0 radical (unpaired) electrons. The maximum absolute atomic E-state index is 9.48. The summed E-state index contributed by atoms with van der Waals surface area (Å²) in [5.74, 6) is 0.587. The highest BCUT2D eigenvalue weighted by Crippen LogP contribution is 2.26. The second kappa shape index (κ2) is 4.31. The van der Waals surface area contributed by atoms with Gasteiger partial charge in [-0.2, -0.15) is 0 Å². The van der Waals surface area contributed by atoms with Crippen molar-refractivity contribution in [3.05, 3.63) is 23.4 Å². The molecule has 1 aromatic heterocycles. The molecule has 0 aromatic carbocycles. The summed E-state index contributed by atoms with van der Waals surface area (Å²) in [5.41, 5.74) is -0.689. The zero-order chi connectivity index (χ0) is 9.90. The molecule has 0 saturated heterocycles. The van der Waals surface area contributed by atoms with Gasteiger partial charge in [-0.15, -0.1) is 11.8 Å². The topological polar surface area (TPSA) is 33.1 Å². The van der Waals surface area contributed by atoms with E-state index in [1.165, 1.54) is 11.8 Å². The van der Waals surface area contributed by atoms with Gasteiger partial charge in [-0.3, -0.25) is 0 Å². The van der Waals surface area contributed by atoms with E-state index < -0.39 is 5.60 Å². The molecule has 13 heavy (non-hydrogen) atoms. The van der Waals surface area contributed by atoms with E-state index in [4.69, 9.17) is 11.6 Å². The molecule has 0 aliphatic carbocycles. The lowest BCUT2D eigenvalue weighted by Gasteiger charge is -2.15. The van der Waals surface area contributed by atoms with Crippen molar-refractivity contribution >= 4 is 23.4 Å². The summed E-state index contributed by atoms with van der Waals surface area (Å²) < 4.78 is 0. The molecule has 0 aliphatic rings. The van der Waals surface area contributed by atoms with Crippen LogP contribution in [0.3, 0.4) is 0 Å². The lowest BCUT2D eigenvalue weighted by molar-refractivity contribution is 0.107. The number of aliphatic hydroxyl groups is 1. The minimum Gasteiger partial charge on any atom is -0.390 e. The van der Waals surface area contributed by atoms with Crippen molar-refractivity contribution in [2.75, 3.05) is 5.75 Å². The Labute approximate surface area is 87.3 Å². The first kappa shape index (κ1) is 10.8. The Morgan fingerprint density at radius 3 is 2.85 bits per heavy atom. The Hall–Kier alpha value is -0.250. The van der Waals surface area contributed by atoms with Crippen LogP contribution >= 0.6 is 23.4 Å². The zero-order valence-corrected chi connectivity index (χ0v) is 9.19. The van der Waals surface area contributed by atoms with Gasteiger partial charge in [-0.1, -0.05) is 11.6 Å². The molecular weight excluding hydrogens is 206 g/mol. The van der Waals surface area contributed by atoms with Gasteiger partial charge < -0.3 is 5.11 Å². The van der Waals surface area contributed by atoms with Crippen molar-refractivity contribution in [3.63, 3.8) is 0 Å². The van der Waals surface area contributed by atoms with Gasteiger partial charge in [0.05, 0.1) is 10.6 Å².